The first kappa shape index (κ1) is 11.7. The van der Waals surface area contributed by atoms with Gasteiger partial charge in [0.2, 0.25) is 0 Å². The summed E-state index contributed by atoms with van der Waals surface area (Å²) in [6.07, 6.45) is 1.52. The van der Waals surface area contributed by atoms with Gasteiger partial charge < -0.3 is 15.8 Å². The van der Waals surface area contributed by atoms with Crippen LogP contribution in [0.5, 0.6) is 0 Å². The van der Waals surface area contributed by atoms with Gasteiger partial charge in [-0.15, -0.1) is 0 Å². The quantitative estimate of drug-likeness (QED) is 0.746. The lowest BCUT2D eigenvalue weighted by Gasteiger charge is -2.33. The second kappa shape index (κ2) is 5.05. The average molecular weight is 235 g/mol. The van der Waals surface area contributed by atoms with Crippen LogP contribution in [-0.2, 0) is 4.74 Å². The van der Waals surface area contributed by atoms with Gasteiger partial charge >= 0.3 is 6.09 Å². The molecule has 0 atom stereocenters. The van der Waals surface area contributed by atoms with Gasteiger partial charge in [-0.25, -0.2) is 4.79 Å². The molecule has 1 fully saturated rings. The number of carbonyl (C=O) groups excluding carboxylic acids is 1. The third-order valence-electron chi connectivity index (χ3n) is 2.84. The molecule has 0 unspecified atom stereocenters. The highest BCUT2D eigenvalue weighted by Gasteiger charge is 2.25. The number of carbonyl (C=O) groups is 1. The topological polar surface area (TPSA) is 76.4 Å². The number of hydrogen-bond donors (Lipinski definition) is 3. The van der Waals surface area contributed by atoms with Crippen LogP contribution in [-0.4, -0.2) is 25.3 Å². The Hall–Kier alpha value is -1.75. The predicted molar refractivity (Wildman–Crippen MR) is 67.1 cm³/mol. The molecular formula is C12H17N3O2. The fourth-order valence-electron chi connectivity index (χ4n) is 1.87. The van der Waals surface area contributed by atoms with Crippen LogP contribution in [0.1, 0.15) is 12.8 Å². The SMILES string of the molecule is COC(=O)Nc1cccc(NC2CC(N)C2)c1. The summed E-state index contributed by atoms with van der Waals surface area (Å²) in [5.74, 6) is 0. The van der Waals surface area contributed by atoms with Crippen molar-refractivity contribution in [3.05, 3.63) is 24.3 Å². The van der Waals surface area contributed by atoms with E-state index in [-0.39, 0.29) is 0 Å². The van der Waals surface area contributed by atoms with Crippen molar-refractivity contribution < 1.29 is 9.53 Å². The summed E-state index contributed by atoms with van der Waals surface area (Å²) in [5, 5.41) is 5.99. The summed E-state index contributed by atoms with van der Waals surface area (Å²) < 4.78 is 4.53. The minimum Gasteiger partial charge on any atom is -0.453 e. The molecule has 0 aromatic heterocycles. The Morgan fingerprint density at radius 3 is 2.76 bits per heavy atom. The number of anilines is 2. The first-order chi connectivity index (χ1) is 8.17. The van der Waals surface area contributed by atoms with Crippen molar-refractivity contribution in [1.29, 1.82) is 0 Å². The molecule has 1 amide bonds. The highest BCUT2D eigenvalue weighted by molar-refractivity contribution is 5.85. The van der Waals surface area contributed by atoms with Crippen LogP contribution in [0.3, 0.4) is 0 Å². The van der Waals surface area contributed by atoms with Gasteiger partial charge in [-0.3, -0.25) is 5.32 Å². The molecule has 1 saturated carbocycles. The van der Waals surface area contributed by atoms with Gasteiger partial charge in [-0.2, -0.15) is 0 Å². The third kappa shape index (κ3) is 3.10. The number of nitrogens with one attached hydrogen (secondary N) is 2. The van der Waals surface area contributed by atoms with Crippen molar-refractivity contribution in [3.8, 4) is 0 Å². The largest absolute Gasteiger partial charge is 0.453 e. The molecule has 0 spiro atoms. The number of nitrogens with two attached hydrogens (primary N) is 1. The second-order valence-electron chi connectivity index (χ2n) is 4.27. The normalized spacial score (nSPS) is 22.5. The van der Waals surface area contributed by atoms with Crippen molar-refractivity contribution in [2.45, 2.75) is 24.9 Å². The highest BCUT2D eigenvalue weighted by Crippen LogP contribution is 2.24. The minimum absolute atomic E-state index is 0.323. The van der Waals surface area contributed by atoms with Gasteiger partial charge in [0.1, 0.15) is 0 Å². The Balaban J connectivity index is 1.94. The summed E-state index contributed by atoms with van der Waals surface area (Å²) in [6, 6.07) is 8.30. The first-order valence-electron chi connectivity index (χ1n) is 5.64. The van der Waals surface area contributed by atoms with Crippen LogP contribution in [0.15, 0.2) is 24.3 Å². The number of benzene rings is 1. The molecule has 5 heteroatoms. The predicted octanol–water partition coefficient (Wildman–Crippen LogP) is 1.77. The van der Waals surface area contributed by atoms with Crippen molar-refractivity contribution in [2.24, 2.45) is 5.73 Å². The molecule has 2 rings (SSSR count). The molecule has 0 aliphatic heterocycles. The fraction of sp³-hybridized carbons (Fsp3) is 0.417. The molecule has 4 N–H and O–H groups in total. The maximum absolute atomic E-state index is 11.1. The van der Waals surface area contributed by atoms with Crippen LogP contribution >= 0.6 is 0 Å². The van der Waals surface area contributed by atoms with E-state index >= 15 is 0 Å². The standard InChI is InChI=1S/C12H17N3O2/c1-17-12(16)15-10-4-2-3-9(7-10)14-11-5-8(13)6-11/h2-4,7-8,11,14H,5-6,13H2,1H3,(H,15,16). The summed E-state index contributed by atoms with van der Waals surface area (Å²) in [4.78, 5) is 11.1. The molecular weight excluding hydrogens is 218 g/mol. The van der Waals surface area contributed by atoms with Crippen molar-refractivity contribution in [1.82, 2.24) is 0 Å². The van der Waals surface area contributed by atoms with E-state index in [0.29, 0.717) is 17.8 Å². The van der Waals surface area contributed by atoms with Gasteiger partial charge in [0.25, 0.3) is 0 Å². The molecule has 1 aromatic rings. The smallest absolute Gasteiger partial charge is 0.411 e. The molecule has 92 valence electrons. The molecule has 0 radical (unpaired) electrons. The fourth-order valence-corrected chi connectivity index (χ4v) is 1.87. The summed E-state index contributed by atoms with van der Waals surface area (Å²) in [7, 11) is 1.34. The van der Waals surface area contributed by atoms with Crippen LogP contribution in [0.4, 0.5) is 16.2 Å². The number of ether oxygens (including phenoxy) is 1. The molecule has 1 aliphatic rings. The van der Waals surface area contributed by atoms with Crippen LogP contribution in [0.2, 0.25) is 0 Å². The molecule has 17 heavy (non-hydrogen) atoms. The Bertz CT molecular complexity index is 402. The summed E-state index contributed by atoms with van der Waals surface area (Å²) in [5.41, 5.74) is 7.42. The lowest BCUT2D eigenvalue weighted by molar-refractivity contribution is 0.187. The molecule has 1 aliphatic carbocycles. The second-order valence-corrected chi connectivity index (χ2v) is 4.27. The Morgan fingerprint density at radius 1 is 1.41 bits per heavy atom. The monoisotopic (exact) mass is 235 g/mol. The van der Waals surface area contributed by atoms with Crippen LogP contribution in [0.25, 0.3) is 0 Å². The molecule has 5 nitrogen and oxygen atoms in total. The van der Waals surface area contributed by atoms with E-state index in [1.54, 1.807) is 0 Å². The Labute approximate surface area is 100 Å². The van der Waals surface area contributed by atoms with Gasteiger partial charge in [0, 0.05) is 23.5 Å². The zero-order valence-electron chi connectivity index (χ0n) is 9.77. The van der Waals surface area contributed by atoms with Crippen LogP contribution in [0, 0.1) is 0 Å². The zero-order valence-corrected chi connectivity index (χ0v) is 9.77. The van der Waals surface area contributed by atoms with E-state index in [2.05, 4.69) is 15.4 Å². The highest BCUT2D eigenvalue weighted by atomic mass is 16.5. The van der Waals surface area contributed by atoms with Gasteiger partial charge in [-0.05, 0) is 31.0 Å². The first-order valence-corrected chi connectivity index (χ1v) is 5.64. The lowest BCUT2D eigenvalue weighted by atomic mass is 9.87. The summed E-state index contributed by atoms with van der Waals surface area (Å²) >= 11 is 0. The molecule has 0 bridgehead atoms. The van der Waals surface area contributed by atoms with Crippen LogP contribution < -0.4 is 16.4 Å². The number of rotatable bonds is 3. The molecule has 1 aromatic carbocycles. The van der Waals surface area contributed by atoms with Crippen molar-refractivity contribution >= 4 is 17.5 Å². The van der Waals surface area contributed by atoms with Crippen molar-refractivity contribution in [2.75, 3.05) is 17.7 Å². The number of amides is 1. The maximum Gasteiger partial charge on any atom is 0.411 e. The lowest BCUT2D eigenvalue weighted by Crippen LogP contribution is -2.44. The van der Waals surface area contributed by atoms with Gasteiger partial charge in [-0.1, -0.05) is 6.07 Å². The van der Waals surface area contributed by atoms with Gasteiger partial charge in [0.15, 0.2) is 0 Å². The average Bonchev–Trinajstić information content (AvgIpc) is 2.27. The Morgan fingerprint density at radius 2 is 2.12 bits per heavy atom. The third-order valence-corrected chi connectivity index (χ3v) is 2.84. The molecule has 0 heterocycles. The zero-order chi connectivity index (χ0) is 12.3. The number of methoxy groups -OCH3 is 1. The van der Waals surface area contributed by atoms with E-state index in [4.69, 9.17) is 5.73 Å². The minimum atomic E-state index is -0.465. The van der Waals surface area contributed by atoms with E-state index in [1.807, 2.05) is 24.3 Å². The maximum atomic E-state index is 11.1. The number of hydrogen-bond acceptors (Lipinski definition) is 4. The van der Waals surface area contributed by atoms with E-state index in [9.17, 15) is 4.79 Å². The van der Waals surface area contributed by atoms with E-state index in [0.717, 1.165) is 18.5 Å². The van der Waals surface area contributed by atoms with Gasteiger partial charge in [0.05, 0.1) is 7.11 Å². The molecule has 0 saturated heterocycles. The van der Waals surface area contributed by atoms with Crippen molar-refractivity contribution in [3.63, 3.8) is 0 Å². The van der Waals surface area contributed by atoms with E-state index < -0.39 is 6.09 Å². The summed E-state index contributed by atoms with van der Waals surface area (Å²) in [6.45, 7) is 0. The Kier molecular flexibility index (Phi) is 3.49. The van der Waals surface area contributed by atoms with E-state index in [1.165, 1.54) is 7.11 Å².